The Kier molecular flexibility index (Phi) is 4.47. The second-order valence-electron chi connectivity index (χ2n) is 5.13. The fourth-order valence-electron chi connectivity index (χ4n) is 1.98. The van der Waals surface area contributed by atoms with E-state index < -0.39 is 0 Å². The first-order valence-electron chi connectivity index (χ1n) is 6.38. The lowest BCUT2D eigenvalue weighted by atomic mass is 10.1. The van der Waals surface area contributed by atoms with E-state index in [-0.39, 0.29) is 11.3 Å². The Morgan fingerprint density at radius 3 is 2.79 bits per heavy atom. The third-order valence-corrected chi connectivity index (χ3v) is 4.25. The van der Waals surface area contributed by atoms with Crippen molar-refractivity contribution in [3.8, 4) is 5.75 Å². The summed E-state index contributed by atoms with van der Waals surface area (Å²) in [5, 5.41) is 2.97. The maximum atomic E-state index is 11.9. The van der Waals surface area contributed by atoms with Gasteiger partial charge in [-0.2, -0.15) is 0 Å². The summed E-state index contributed by atoms with van der Waals surface area (Å²) < 4.78 is 6.02. The van der Waals surface area contributed by atoms with Crippen LogP contribution in [0.2, 0.25) is 0 Å². The number of hydrogen-bond donors (Lipinski definition) is 2. The monoisotopic (exact) mass is 326 g/mol. The number of methoxy groups -OCH3 is 1. The zero-order chi connectivity index (χ0) is 13.9. The van der Waals surface area contributed by atoms with Gasteiger partial charge in [0.15, 0.2) is 0 Å². The maximum absolute atomic E-state index is 11.9. The molecule has 5 heteroatoms. The third-order valence-electron chi connectivity index (χ3n) is 3.63. The van der Waals surface area contributed by atoms with Gasteiger partial charge < -0.3 is 15.8 Å². The number of ether oxygens (including phenoxy) is 1. The van der Waals surface area contributed by atoms with Crippen LogP contribution in [0, 0.1) is 5.41 Å². The quantitative estimate of drug-likeness (QED) is 0.838. The van der Waals surface area contributed by atoms with Gasteiger partial charge in [0.25, 0.3) is 0 Å². The number of nitrogens with one attached hydrogen (secondary N) is 1. The van der Waals surface area contributed by atoms with Crippen LogP contribution in [-0.2, 0) is 11.2 Å². The number of nitrogens with two attached hydrogens (primary N) is 1. The second kappa shape index (κ2) is 5.92. The Morgan fingerprint density at radius 2 is 2.26 bits per heavy atom. The summed E-state index contributed by atoms with van der Waals surface area (Å²) in [6, 6.07) is 5.67. The lowest BCUT2D eigenvalue weighted by Gasteiger charge is -2.13. The first kappa shape index (κ1) is 14.3. The van der Waals surface area contributed by atoms with Gasteiger partial charge in [0.1, 0.15) is 5.75 Å². The van der Waals surface area contributed by atoms with Crippen molar-refractivity contribution in [2.75, 3.05) is 20.2 Å². The molecule has 19 heavy (non-hydrogen) atoms. The molecular weight excluding hydrogens is 308 g/mol. The Hall–Kier alpha value is -1.07. The molecule has 104 valence electrons. The van der Waals surface area contributed by atoms with E-state index in [4.69, 9.17) is 10.5 Å². The molecule has 1 amide bonds. The fraction of sp³-hybridized carbons (Fsp3) is 0.500. The van der Waals surface area contributed by atoms with Crippen LogP contribution in [0.4, 0.5) is 0 Å². The highest BCUT2D eigenvalue weighted by atomic mass is 79.9. The molecule has 1 aliphatic rings. The van der Waals surface area contributed by atoms with Crippen molar-refractivity contribution in [2.24, 2.45) is 11.1 Å². The Morgan fingerprint density at radius 1 is 1.53 bits per heavy atom. The number of carbonyl (C=O) groups is 1. The average Bonchev–Trinajstić information content (AvgIpc) is 3.17. The number of carbonyl (C=O) groups excluding carboxylic acids is 1. The molecule has 3 N–H and O–H groups in total. The summed E-state index contributed by atoms with van der Waals surface area (Å²) in [6.07, 6.45) is 2.62. The normalized spacial score (nSPS) is 15.9. The second-order valence-corrected chi connectivity index (χ2v) is 5.98. The minimum Gasteiger partial charge on any atom is -0.496 e. The van der Waals surface area contributed by atoms with Gasteiger partial charge in [-0.1, -0.05) is 6.07 Å². The van der Waals surface area contributed by atoms with E-state index in [2.05, 4.69) is 21.2 Å². The molecule has 1 fully saturated rings. The molecule has 1 aromatic carbocycles. The summed E-state index contributed by atoms with van der Waals surface area (Å²) in [5.41, 5.74) is 6.83. The van der Waals surface area contributed by atoms with E-state index >= 15 is 0 Å². The third kappa shape index (κ3) is 3.70. The first-order valence-corrected chi connectivity index (χ1v) is 7.17. The highest BCUT2D eigenvalue weighted by molar-refractivity contribution is 9.10. The number of rotatable bonds is 6. The predicted octanol–water partition coefficient (Wildman–Crippen LogP) is 1.86. The predicted molar refractivity (Wildman–Crippen MR) is 78.1 cm³/mol. The van der Waals surface area contributed by atoms with Crippen molar-refractivity contribution in [3.63, 3.8) is 0 Å². The molecule has 2 rings (SSSR count). The zero-order valence-corrected chi connectivity index (χ0v) is 12.6. The molecule has 1 aliphatic carbocycles. The van der Waals surface area contributed by atoms with E-state index in [1.165, 1.54) is 0 Å². The molecule has 1 saturated carbocycles. The van der Waals surface area contributed by atoms with Crippen molar-refractivity contribution in [3.05, 3.63) is 28.2 Å². The molecule has 0 heterocycles. The van der Waals surface area contributed by atoms with Gasteiger partial charge in [0.05, 0.1) is 18.0 Å². The van der Waals surface area contributed by atoms with Crippen LogP contribution in [-0.4, -0.2) is 26.1 Å². The van der Waals surface area contributed by atoms with Gasteiger partial charge in [-0.15, -0.1) is 0 Å². The number of hydrogen-bond acceptors (Lipinski definition) is 3. The Labute approximate surface area is 121 Å². The molecule has 0 atom stereocenters. The van der Waals surface area contributed by atoms with Crippen LogP contribution in [0.1, 0.15) is 18.4 Å². The minimum atomic E-state index is 0.0387. The topological polar surface area (TPSA) is 64.3 Å². The van der Waals surface area contributed by atoms with Crippen LogP contribution in [0.25, 0.3) is 0 Å². The highest BCUT2D eigenvalue weighted by Crippen LogP contribution is 2.43. The highest BCUT2D eigenvalue weighted by Gasteiger charge is 2.41. The van der Waals surface area contributed by atoms with Gasteiger partial charge in [0, 0.05) is 6.54 Å². The molecule has 4 nitrogen and oxygen atoms in total. The van der Waals surface area contributed by atoms with Crippen molar-refractivity contribution in [1.29, 1.82) is 0 Å². The van der Waals surface area contributed by atoms with Gasteiger partial charge in [-0.3, -0.25) is 4.79 Å². The van der Waals surface area contributed by atoms with Crippen LogP contribution in [0.5, 0.6) is 5.75 Å². The molecule has 1 aromatic rings. The lowest BCUT2D eigenvalue weighted by molar-refractivity contribution is -0.120. The summed E-state index contributed by atoms with van der Waals surface area (Å²) in [5.74, 6) is 0.806. The van der Waals surface area contributed by atoms with Crippen molar-refractivity contribution < 1.29 is 9.53 Å². The smallest absolute Gasteiger partial charge is 0.224 e. The van der Waals surface area contributed by atoms with Crippen molar-refractivity contribution >= 4 is 21.8 Å². The van der Waals surface area contributed by atoms with E-state index in [9.17, 15) is 4.79 Å². The largest absolute Gasteiger partial charge is 0.496 e. The molecule has 0 radical (unpaired) electrons. The molecule has 0 bridgehead atoms. The molecule has 0 saturated heterocycles. The van der Waals surface area contributed by atoms with Crippen LogP contribution >= 0.6 is 15.9 Å². The molecule has 0 aromatic heterocycles. The average molecular weight is 327 g/mol. The summed E-state index contributed by atoms with van der Waals surface area (Å²) in [4.78, 5) is 11.9. The Balaban J connectivity index is 1.86. The maximum Gasteiger partial charge on any atom is 0.224 e. The number of halogens is 1. The van der Waals surface area contributed by atoms with Gasteiger partial charge in [-0.25, -0.2) is 0 Å². The molecule has 0 spiro atoms. The lowest BCUT2D eigenvalue weighted by Crippen LogP contribution is -2.34. The van der Waals surface area contributed by atoms with E-state index in [1.54, 1.807) is 7.11 Å². The number of benzene rings is 1. The van der Waals surface area contributed by atoms with Crippen LogP contribution in [0.15, 0.2) is 22.7 Å². The first-order chi connectivity index (χ1) is 9.08. The van der Waals surface area contributed by atoms with Gasteiger partial charge >= 0.3 is 0 Å². The summed E-state index contributed by atoms with van der Waals surface area (Å²) in [7, 11) is 1.62. The Bertz CT molecular complexity index is 473. The SMILES string of the molecule is COc1ccc(CC(=O)NCC2(CN)CC2)cc1Br. The van der Waals surface area contributed by atoms with E-state index in [0.29, 0.717) is 19.5 Å². The van der Waals surface area contributed by atoms with Crippen LogP contribution < -0.4 is 15.8 Å². The summed E-state index contributed by atoms with van der Waals surface area (Å²) >= 11 is 3.42. The summed E-state index contributed by atoms with van der Waals surface area (Å²) in [6.45, 7) is 1.35. The van der Waals surface area contributed by atoms with E-state index in [0.717, 1.165) is 28.6 Å². The minimum absolute atomic E-state index is 0.0387. The molecular formula is C14H19BrN2O2. The van der Waals surface area contributed by atoms with Crippen LogP contribution in [0.3, 0.4) is 0 Å². The fourth-order valence-corrected chi connectivity index (χ4v) is 2.57. The standard InChI is InChI=1S/C14H19BrN2O2/c1-19-12-3-2-10(6-11(12)15)7-13(18)17-9-14(8-16)4-5-14/h2-3,6H,4-5,7-9,16H2,1H3,(H,17,18). The van der Waals surface area contributed by atoms with Gasteiger partial charge in [-0.05, 0) is 58.4 Å². The number of amides is 1. The van der Waals surface area contributed by atoms with Crippen molar-refractivity contribution in [1.82, 2.24) is 5.32 Å². The van der Waals surface area contributed by atoms with Crippen molar-refractivity contribution in [2.45, 2.75) is 19.3 Å². The van der Waals surface area contributed by atoms with Gasteiger partial charge in [0.2, 0.25) is 5.91 Å². The zero-order valence-electron chi connectivity index (χ0n) is 11.0. The van der Waals surface area contributed by atoms with E-state index in [1.807, 2.05) is 18.2 Å². The molecule has 0 unspecified atom stereocenters. The molecule has 0 aliphatic heterocycles.